The molecule has 0 aliphatic rings. The predicted molar refractivity (Wildman–Crippen MR) is 94.3 cm³/mol. The fraction of sp³-hybridized carbons (Fsp3) is 0.588. The fourth-order valence-electron chi connectivity index (χ4n) is 2.52. The van der Waals surface area contributed by atoms with Crippen LogP contribution in [0.3, 0.4) is 0 Å². The van der Waals surface area contributed by atoms with E-state index in [1.54, 1.807) is 25.8 Å². The molecular weight excluding hydrogens is 308 g/mol. The normalized spacial score (nSPS) is 10.8. The number of rotatable bonds is 7. The summed E-state index contributed by atoms with van der Waals surface area (Å²) in [6.07, 6.45) is 0. The van der Waals surface area contributed by atoms with Gasteiger partial charge in [0.1, 0.15) is 6.54 Å². The van der Waals surface area contributed by atoms with Gasteiger partial charge in [-0.15, -0.1) is 0 Å². The number of aryl methyl sites for hydroxylation is 1. The van der Waals surface area contributed by atoms with Gasteiger partial charge in [-0.3, -0.25) is 14.4 Å². The summed E-state index contributed by atoms with van der Waals surface area (Å²) < 4.78 is 1.35. The lowest BCUT2D eigenvalue weighted by Crippen LogP contribution is -2.39. The summed E-state index contributed by atoms with van der Waals surface area (Å²) in [6, 6.07) is 1.40. The van der Waals surface area contributed by atoms with Crippen LogP contribution in [0.15, 0.2) is 10.9 Å². The van der Waals surface area contributed by atoms with Crippen molar-refractivity contribution in [1.82, 2.24) is 20.1 Å². The Balaban J connectivity index is 3.19. The van der Waals surface area contributed by atoms with E-state index in [1.807, 2.05) is 20.9 Å². The third-order valence-electron chi connectivity index (χ3n) is 3.78. The third-order valence-corrected chi connectivity index (χ3v) is 3.78. The van der Waals surface area contributed by atoms with E-state index in [0.717, 1.165) is 0 Å². The van der Waals surface area contributed by atoms with Crippen molar-refractivity contribution in [2.24, 2.45) is 0 Å². The van der Waals surface area contributed by atoms with Crippen molar-refractivity contribution in [2.75, 3.05) is 27.2 Å². The highest BCUT2D eigenvalue weighted by Crippen LogP contribution is 2.14. The highest BCUT2D eigenvalue weighted by molar-refractivity contribution is 5.96. The van der Waals surface area contributed by atoms with Gasteiger partial charge in [0, 0.05) is 37.9 Å². The highest BCUT2D eigenvalue weighted by Gasteiger charge is 2.20. The van der Waals surface area contributed by atoms with E-state index in [-0.39, 0.29) is 30.0 Å². The first kappa shape index (κ1) is 19.9. The molecule has 2 amide bonds. The smallest absolute Gasteiger partial charge is 0.255 e. The molecule has 1 heterocycles. The van der Waals surface area contributed by atoms with Crippen molar-refractivity contribution in [3.63, 3.8) is 0 Å². The van der Waals surface area contributed by atoms with E-state index in [1.165, 1.54) is 10.6 Å². The average molecular weight is 336 g/mol. The zero-order valence-electron chi connectivity index (χ0n) is 15.4. The number of nitrogens with one attached hydrogen (secondary N) is 2. The van der Waals surface area contributed by atoms with Crippen molar-refractivity contribution in [3.8, 4) is 0 Å². The number of hydrogen-bond donors (Lipinski definition) is 2. The predicted octanol–water partition coefficient (Wildman–Crippen LogP) is 0.281. The van der Waals surface area contributed by atoms with Gasteiger partial charge in [0.15, 0.2) is 0 Å². The van der Waals surface area contributed by atoms with Gasteiger partial charge < -0.3 is 20.1 Å². The topological polar surface area (TPSA) is 83.4 Å². The maximum Gasteiger partial charge on any atom is 0.255 e. The molecule has 0 saturated carbocycles. The zero-order chi connectivity index (χ0) is 18.4. The Labute approximate surface area is 143 Å². The molecule has 2 N–H and O–H groups in total. The van der Waals surface area contributed by atoms with Crippen molar-refractivity contribution in [1.29, 1.82) is 0 Å². The van der Waals surface area contributed by atoms with E-state index in [9.17, 15) is 14.4 Å². The molecule has 0 aliphatic heterocycles. The molecule has 0 fully saturated rings. The standard InChI is InChI=1S/C17H28N4O3/c1-11(2)19-14(22)10-21-13(4)16(12(3)9-15(21)23)17(24)20(6)8-7-18-5/h9,11,18H,7-8,10H2,1-6H3,(H,19,22). The van der Waals surface area contributed by atoms with E-state index >= 15 is 0 Å². The Morgan fingerprint density at radius 2 is 1.92 bits per heavy atom. The molecule has 0 aliphatic carbocycles. The van der Waals surface area contributed by atoms with Crippen LogP contribution in [-0.2, 0) is 11.3 Å². The van der Waals surface area contributed by atoms with Gasteiger partial charge in [-0.1, -0.05) is 0 Å². The first-order chi connectivity index (χ1) is 11.2. The lowest BCUT2D eigenvalue weighted by atomic mass is 10.1. The molecule has 7 nitrogen and oxygen atoms in total. The lowest BCUT2D eigenvalue weighted by molar-refractivity contribution is -0.122. The minimum atomic E-state index is -0.279. The molecule has 0 aromatic carbocycles. The first-order valence-electron chi connectivity index (χ1n) is 8.09. The largest absolute Gasteiger partial charge is 0.352 e. The van der Waals surface area contributed by atoms with Crippen molar-refractivity contribution >= 4 is 11.8 Å². The van der Waals surface area contributed by atoms with Crippen molar-refractivity contribution in [3.05, 3.63) is 33.2 Å². The summed E-state index contributed by atoms with van der Waals surface area (Å²) >= 11 is 0. The number of carbonyl (C=O) groups excluding carboxylic acids is 2. The molecule has 134 valence electrons. The van der Waals surface area contributed by atoms with Crippen LogP contribution in [0, 0.1) is 13.8 Å². The molecule has 1 aromatic rings. The number of pyridine rings is 1. The molecule has 1 aromatic heterocycles. The Hall–Kier alpha value is -2.15. The molecular formula is C17H28N4O3. The molecule has 0 bridgehead atoms. The summed E-state index contributed by atoms with van der Waals surface area (Å²) in [7, 11) is 3.54. The summed E-state index contributed by atoms with van der Waals surface area (Å²) in [5.74, 6) is -0.403. The molecule has 1 rings (SSSR count). The van der Waals surface area contributed by atoms with Crippen LogP contribution in [-0.4, -0.2) is 54.5 Å². The van der Waals surface area contributed by atoms with Crippen molar-refractivity contribution < 1.29 is 9.59 Å². The second kappa shape index (κ2) is 8.63. The van der Waals surface area contributed by atoms with E-state index in [4.69, 9.17) is 0 Å². The maximum atomic E-state index is 12.7. The molecule has 0 radical (unpaired) electrons. The molecule has 24 heavy (non-hydrogen) atoms. The number of nitrogens with zero attached hydrogens (tertiary/aromatic N) is 2. The van der Waals surface area contributed by atoms with Crippen LogP contribution >= 0.6 is 0 Å². The number of likely N-dealkylation sites (N-methyl/N-ethyl adjacent to an activating group) is 2. The van der Waals surface area contributed by atoms with E-state index < -0.39 is 0 Å². The second-order valence-electron chi connectivity index (χ2n) is 6.26. The van der Waals surface area contributed by atoms with Crippen LogP contribution in [0.4, 0.5) is 0 Å². The number of carbonyl (C=O) groups is 2. The van der Waals surface area contributed by atoms with Gasteiger partial charge in [-0.05, 0) is 40.3 Å². The Bertz CT molecular complexity index is 665. The number of hydrogen-bond acceptors (Lipinski definition) is 4. The average Bonchev–Trinajstić information content (AvgIpc) is 2.47. The lowest BCUT2D eigenvalue weighted by Gasteiger charge is -2.21. The van der Waals surface area contributed by atoms with Crippen molar-refractivity contribution in [2.45, 2.75) is 40.3 Å². The van der Waals surface area contributed by atoms with E-state index in [0.29, 0.717) is 29.9 Å². The van der Waals surface area contributed by atoms with Crippen LogP contribution in [0.2, 0.25) is 0 Å². The fourth-order valence-corrected chi connectivity index (χ4v) is 2.52. The SMILES string of the molecule is CNCCN(C)C(=O)c1c(C)cc(=O)n(CC(=O)NC(C)C)c1C. The molecule has 0 spiro atoms. The van der Waals surface area contributed by atoms with Gasteiger partial charge in [-0.25, -0.2) is 0 Å². The molecule has 0 atom stereocenters. The number of aromatic nitrogens is 1. The summed E-state index contributed by atoms with van der Waals surface area (Å²) in [5.41, 5.74) is 1.34. The summed E-state index contributed by atoms with van der Waals surface area (Å²) in [5, 5.41) is 5.75. The van der Waals surface area contributed by atoms with Gasteiger partial charge in [0.25, 0.3) is 11.5 Å². The first-order valence-corrected chi connectivity index (χ1v) is 8.09. The van der Waals surface area contributed by atoms with Crippen LogP contribution < -0.4 is 16.2 Å². The van der Waals surface area contributed by atoms with Crippen LogP contribution in [0.25, 0.3) is 0 Å². The third kappa shape index (κ3) is 4.92. The molecule has 0 saturated heterocycles. The second-order valence-corrected chi connectivity index (χ2v) is 6.26. The Morgan fingerprint density at radius 3 is 2.46 bits per heavy atom. The summed E-state index contributed by atoms with van der Waals surface area (Å²) in [6.45, 7) is 8.30. The number of amides is 2. The quantitative estimate of drug-likeness (QED) is 0.749. The zero-order valence-corrected chi connectivity index (χ0v) is 15.4. The minimum Gasteiger partial charge on any atom is -0.352 e. The van der Waals surface area contributed by atoms with Crippen LogP contribution in [0.1, 0.15) is 35.5 Å². The van der Waals surface area contributed by atoms with Gasteiger partial charge in [0.05, 0.1) is 5.56 Å². The highest BCUT2D eigenvalue weighted by atomic mass is 16.2. The van der Waals surface area contributed by atoms with Gasteiger partial charge in [0.2, 0.25) is 5.91 Å². The minimum absolute atomic E-state index is 0.00673. The van der Waals surface area contributed by atoms with Gasteiger partial charge >= 0.3 is 0 Å². The summed E-state index contributed by atoms with van der Waals surface area (Å²) in [4.78, 5) is 38.5. The molecule has 7 heteroatoms. The Kier molecular flexibility index (Phi) is 7.16. The molecule has 0 unspecified atom stereocenters. The van der Waals surface area contributed by atoms with Crippen LogP contribution in [0.5, 0.6) is 0 Å². The maximum absolute atomic E-state index is 12.7. The monoisotopic (exact) mass is 336 g/mol. The van der Waals surface area contributed by atoms with E-state index in [2.05, 4.69) is 10.6 Å². The Morgan fingerprint density at radius 1 is 1.29 bits per heavy atom. The van der Waals surface area contributed by atoms with Gasteiger partial charge in [-0.2, -0.15) is 0 Å².